The molecule has 0 saturated carbocycles. The monoisotopic (exact) mass is 472 g/mol. The molecule has 4 rings (SSSR count). The number of hydrogen-bond acceptors (Lipinski definition) is 2. The van der Waals surface area contributed by atoms with Crippen molar-refractivity contribution in [3.8, 4) is 5.69 Å². The molecule has 0 radical (unpaired) electrons. The Kier molecular flexibility index (Phi) is 6.29. The number of aryl methyl sites for hydroxylation is 1. The molecular weight excluding hydrogens is 447 g/mol. The highest BCUT2D eigenvalue weighted by atomic mass is 35.5. The van der Waals surface area contributed by atoms with Crippen LogP contribution >= 0.6 is 35.4 Å². The van der Waals surface area contributed by atoms with E-state index < -0.39 is 0 Å². The number of hydrogen-bond donors (Lipinski definition) is 1. The van der Waals surface area contributed by atoms with Gasteiger partial charge >= 0.3 is 0 Å². The number of rotatable bonds is 5. The van der Waals surface area contributed by atoms with Gasteiger partial charge in [0.05, 0.1) is 28.5 Å². The van der Waals surface area contributed by atoms with E-state index in [-0.39, 0.29) is 12.1 Å². The van der Waals surface area contributed by atoms with E-state index in [4.69, 9.17) is 35.4 Å². The molecule has 4 nitrogen and oxygen atoms in total. The Labute approximate surface area is 199 Å². The van der Waals surface area contributed by atoms with Crippen molar-refractivity contribution in [3.05, 3.63) is 81.4 Å². The Morgan fingerprint density at radius 1 is 1.13 bits per heavy atom. The summed E-state index contributed by atoms with van der Waals surface area (Å²) in [5.41, 5.74) is 5.36. The molecule has 3 aromatic rings. The van der Waals surface area contributed by atoms with Crippen molar-refractivity contribution in [1.82, 2.24) is 19.8 Å². The van der Waals surface area contributed by atoms with E-state index in [1.165, 1.54) is 5.56 Å². The zero-order valence-electron chi connectivity index (χ0n) is 18.1. The van der Waals surface area contributed by atoms with Gasteiger partial charge in [0, 0.05) is 29.2 Å². The van der Waals surface area contributed by atoms with Gasteiger partial charge < -0.3 is 14.8 Å². The van der Waals surface area contributed by atoms with Crippen molar-refractivity contribution in [2.45, 2.75) is 39.8 Å². The number of nitrogens with zero attached hydrogens (tertiary/aromatic N) is 3. The molecule has 0 amide bonds. The van der Waals surface area contributed by atoms with Gasteiger partial charge in [-0.3, -0.25) is 4.98 Å². The van der Waals surface area contributed by atoms with E-state index in [0.29, 0.717) is 16.0 Å². The third-order valence-corrected chi connectivity index (χ3v) is 6.59. The molecule has 31 heavy (non-hydrogen) atoms. The van der Waals surface area contributed by atoms with E-state index >= 15 is 0 Å². The van der Waals surface area contributed by atoms with E-state index in [2.05, 4.69) is 59.6 Å². The lowest BCUT2D eigenvalue weighted by atomic mass is 9.96. The molecule has 0 bridgehead atoms. The first-order valence-corrected chi connectivity index (χ1v) is 11.6. The normalized spacial score (nSPS) is 18.7. The first-order valence-electron chi connectivity index (χ1n) is 10.4. The lowest BCUT2D eigenvalue weighted by molar-refractivity contribution is 0.287. The summed E-state index contributed by atoms with van der Waals surface area (Å²) in [6, 6.07) is 13.9. The van der Waals surface area contributed by atoms with Crippen molar-refractivity contribution in [1.29, 1.82) is 0 Å². The molecular formula is C24H26Cl2N4S. The SMILES string of the molecule is Cc1cc([C@H]2[C@H](c3ccccn3)NC(=S)N2CC(C)C)c(C)n1-c1ccc(Cl)cc1Cl. The molecule has 2 aromatic heterocycles. The molecule has 0 aliphatic carbocycles. The van der Waals surface area contributed by atoms with Gasteiger partial charge in [0.15, 0.2) is 5.11 Å². The van der Waals surface area contributed by atoms with Gasteiger partial charge in [-0.05, 0) is 73.9 Å². The Balaban J connectivity index is 1.85. The molecule has 7 heteroatoms. The summed E-state index contributed by atoms with van der Waals surface area (Å²) in [4.78, 5) is 6.93. The maximum absolute atomic E-state index is 6.56. The molecule has 1 aliphatic heterocycles. The largest absolute Gasteiger partial charge is 0.352 e. The number of aromatic nitrogens is 2. The fraction of sp³-hybridized carbons (Fsp3) is 0.333. The first kappa shape index (κ1) is 22.1. The number of halogens is 2. The second kappa shape index (κ2) is 8.81. The zero-order chi connectivity index (χ0) is 22.3. The van der Waals surface area contributed by atoms with Crippen LogP contribution in [0.5, 0.6) is 0 Å². The van der Waals surface area contributed by atoms with Crippen molar-refractivity contribution in [3.63, 3.8) is 0 Å². The highest BCUT2D eigenvalue weighted by Crippen LogP contribution is 2.42. The van der Waals surface area contributed by atoms with Crippen LogP contribution < -0.4 is 5.32 Å². The van der Waals surface area contributed by atoms with E-state index in [9.17, 15) is 0 Å². The van der Waals surface area contributed by atoms with Crippen molar-refractivity contribution < 1.29 is 0 Å². The molecule has 1 fully saturated rings. The fourth-order valence-electron chi connectivity index (χ4n) is 4.45. The second-order valence-electron chi connectivity index (χ2n) is 8.43. The number of thiocarbonyl (C=S) groups is 1. The van der Waals surface area contributed by atoms with Crippen molar-refractivity contribution >= 4 is 40.5 Å². The number of benzene rings is 1. The molecule has 2 atom stereocenters. The molecule has 162 valence electrons. The zero-order valence-corrected chi connectivity index (χ0v) is 20.4. The Hall–Kier alpha value is -2.08. The van der Waals surface area contributed by atoms with E-state index in [1.54, 1.807) is 6.07 Å². The van der Waals surface area contributed by atoms with Crippen molar-refractivity contribution in [2.24, 2.45) is 5.92 Å². The molecule has 1 aliphatic rings. The summed E-state index contributed by atoms with van der Waals surface area (Å²) in [6.07, 6.45) is 1.83. The van der Waals surface area contributed by atoms with Crippen LogP contribution in [0.15, 0.2) is 48.7 Å². The van der Waals surface area contributed by atoms with Crippen LogP contribution in [0.25, 0.3) is 5.69 Å². The van der Waals surface area contributed by atoms with Gasteiger partial charge in [0.25, 0.3) is 0 Å². The predicted octanol–water partition coefficient (Wildman–Crippen LogP) is 6.42. The highest BCUT2D eigenvalue weighted by molar-refractivity contribution is 7.80. The maximum Gasteiger partial charge on any atom is 0.170 e. The topological polar surface area (TPSA) is 33.1 Å². The van der Waals surface area contributed by atoms with Crippen molar-refractivity contribution in [2.75, 3.05) is 6.54 Å². The maximum atomic E-state index is 6.56. The third-order valence-electron chi connectivity index (χ3n) is 5.70. The summed E-state index contributed by atoms with van der Waals surface area (Å²) in [5, 5.41) is 5.55. The van der Waals surface area contributed by atoms with Crippen LogP contribution in [0.4, 0.5) is 0 Å². The highest BCUT2D eigenvalue weighted by Gasteiger charge is 2.41. The van der Waals surface area contributed by atoms with Gasteiger partial charge in [0.1, 0.15) is 0 Å². The number of pyridine rings is 1. The van der Waals surface area contributed by atoms with Crippen LogP contribution in [0.1, 0.15) is 48.6 Å². The summed E-state index contributed by atoms with van der Waals surface area (Å²) >= 11 is 18.5. The molecule has 1 saturated heterocycles. The summed E-state index contributed by atoms with van der Waals surface area (Å²) < 4.78 is 2.19. The van der Waals surface area contributed by atoms with Gasteiger partial charge in [-0.15, -0.1) is 0 Å². The quantitative estimate of drug-likeness (QED) is 0.434. The minimum Gasteiger partial charge on any atom is -0.352 e. The predicted molar refractivity (Wildman–Crippen MR) is 132 cm³/mol. The van der Waals surface area contributed by atoms with Gasteiger partial charge in [-0.25, -0.2) is 0 Å². The minimum absolute atomic E-state index is 0.0258. The lowest BCUT2D eigenvalue weighted by Gasteiger charge is -2.29. The minimum atomic E-state index is -0.0258. The summed E-state index contributed by atoms with van der Waals surface area (Å²) in [5.74, 6) is 0.471. The van der Waals surface area contributed by atoms with Crippen LogP contribution in [0.2, 0.25) is 10.0 Å². The van der Waals surface area contributed by atoms with Gasteiger partial charge in [0.2, 0.25) is 0 Å². The first-order chi connectivity index (χ1) is 14.8. The van der Waals surface area contributed by atoms with Crippen LogP contribution in [0, 0.1) is 19.8 Å². The molecule has 1 N–H and O–H groups in total. The van der Waals surface area contributed by atoms with Crippen LogP contribution in [-0.4, -0.2) is 26.1 Å². The van der Waals surface area contributed by atoms with E-state index in [1.807, 2.05) is 30.5 Å². The average molecular weight is 473 g/mol. The molecule has 0 unspecified atom stereocenters. The molecule has 3 heterocycles. The smallest absolute Gasteiger partial charge is 0.170 e. The van der Waals surface area contributed by atoms with Gasteiger partial charge in [-0.2, -0.15) is 0 Å². The second-order valence-corrected chi connectivity index (χ2v) is 9.66. The fourth-order valence-corrected chi connectivity index (χ4v) is 5.26. The standard InChI is InChI=1S/C24H26Cl2N4S/c1-14(2)13-29-23(22(28-24(29)31)20-7-5-6-10-27-20)18-11-15(3)30(16(18)4)21-9-8-17(25)12-19(21)26/h5-12,14,22-23H,13H2,1-4H3,(H,28,31)/t22-,23-/m0/s1. The van der Waals surface area contributed by atoms with E-state index in [0.717, 1.165) is 34.4 Å². The van der Waals surface area contributed by atoms with Gasteiger partial charge in [-0.1, -0.05) is 43.1 Å². The average Bonchev–Trinajstić information content (AvgIpc) is 3.18. The number of nitrogens with one attached hydrogen (secondary N) is 1. The summed E-state index contributed by atoms with van der Waals surface area (Å²) in [6.45, 7) is 9.53. The molecule has 1 aromatic carbocycles. The molecule has 0 spiro atoms. The lowest BCUT2D eigenvalue weighted by Crippen LogP contribution is -2.33. The van der Waals surface area contributed by atoms with Crippen LogP contribution in [-0.2, 0) is 0 Å². The third kappa shape index (κ3) is 4.19. The van der Waals surface area contributed by atoms with Crippen LogP contribution in [0.3, 0.4) is 0 Å². The Morgan fingerprint density at radius 2 is 1.90 bits per heavy atom. The Morgan fingerprint density at radius 3 is 2.55 bits per heavy atom. The Bertz CT molecular complexity index is 1110. The summed E-state index contributed by atoms with van der Waals surface area (Å²) in [7, 11) is 0.